The van der Waals surface area contributed by atoms with Gasteiger partial charge in [0, 0.05) is 6.07 Å². The zero-order chi connectivity index (χ0) is 17.6. The molecule has 0 aliphatic heterocycles. The maximum absolute atomic E-state index is 12.6. The number of hydrogen-bond acceptors (Lipinski definition) is 3. The monoisotopic (exact) mass is 334 g/mol. The first-order valence-corrected chi connectivity index (χ1v) is 7.86. The van der Waals surface area contributed by atoms with E-state index in [1.54, 1.807) is 19.2 Å². The minimum Gasteiger partial charge on any atom is -0.619 e. The Kier molecular flexibility index (Phi) is 4.95. The lowest BCUT2D eigenvalue weighted by Gasteiger charge is -2.20. The predicted molar refractivity (Wildman–Crippen MR) is 94.1 cm³/mol. The van der Waals surface area contributed by atoms with Gasteiger partial charge in [-0.1, -0.05) is 42.5 Å². The highest BCUT2D eigenvalue weighted by molar-refractivity contribution is 5.94. The van der Waals surface area contributed by atoms with Crippen LogP contribution in [-0.4, -0.2) is 13.0 Å². The molecule has 0 saturated carbocycles. The number of benzene rings is 2. The molecule has 1 atom stereocenters. The van der Waals surface area contributed by atoms with Crippen molar-refractivity contribution in [2.45, 2.75) is 6.04 Å². The van der Waals surface area contributed by atoms with Gasteiger partial charge in [0.05, 0.1) is 13.2 Å². The van der Waals surface area contributed by atoms with Crippen LogP contribution >= 0.6 is 0 Å². The molecule has 0 aliphatic rings. The normalized spacial score (nSPS) is 11.6. The summed E-state index contributed by atoms with van der Waals surface area (Å²) in [6.45, 7) is 0. The van der Waals surface area contributed by atoms with Crippen molar-refractivity contribution in [1.82, 2.24) is 5.32 Å². The topological polar surface area (TPSA) is 65.3 Å². The average Bonchev–Trinajstić information content (AvgIpc) is 2.67. The van der Waals surface area contributed by atoms with Crippen LogP contribution in [0.25, 0.3) is 0 Å². The highest BCUT2D eigenvalue weighted by Gasteiger charge is 2.19. The van der Waals surface area contributed by atoms with E-state index in [1.165, 1.54) is 12.4 Å². The Labute approximate surface area is 146 Å². The number of amides is 1. The van der Waals surface area contributed by atoms with Crippen LogP contribution in [0.3, 0.4) is 0 Å². The first kappa shape index (κ1) is 16.5. The fraction of sp³-hybridized carbons (Fsp3) is 0.100. The van der Waals surface area contributed by atoms with Gasteiger partial charge in [-0.25, -0.2) is 0 Å². The largest absolute Gasteiger partial charge is 0.619 e. The molecule has 0 bridgehead atoms. The van der Waals surface area contributed by atoms with E-state index in [0.29, 0.717) is 10.3 Å². The highest BCUT2D eigenvalue weighted by Crippen LogP contribution is 2.24. The van der Waals surface area contributed by atoms with E-state index >= 15 is 0 Å². The van der Waals surface area contributed by atoms with Gasteiger partial charge in [-0.2, -0.15) is 4.73 Å². The molecule has 5 heteroatoms. The molecule has 1 aromatic heterocycles. The summed E-state index contributed by atoms with van der Waals surface area (Å²) in [6.07, 6.45) is 2.60. The summed E-state index contributed by atoms with van der Waals surface area (Å²) in [5, 5.41) is 14.4. The number of hydrogen-bond donors (Lipinski definition) is 1. The van der Waals surface area contributed by atoms with Gasteiger partial charge in [-0.3, -0.25) is 4.79 Å². The van der Waals surface area contributed by atoms with Crippen LogP contribution in [0.2, 0.25) is 0 Å². The lowest BCUT2D eigenvalue weighted by atomic mass is 9.98. The number of nitrogens with zero attached hydrogens (tertiary/aromatic N) is 1. The molecule has 2 aromatic carbocycles. The zero-order valence-corrected chi connectivity index (χ0v) is 13.8. The number of nitrogens with one attached hydrogen (secondary N) is 1. The Bertz CT molecular complexity index is 848. The molecule has 1 heterocycles. The SMILES string of the molecule is COc1ccc(C(NC(=O)c2ccc[n+]([O-])c2)c2ccccc2)cc1. The fourth-order valence-electron chi connectivity index (χ4n) is 2.60. The highest BCUT2D eigenvalue weighted by atomic mass is 16.5. The number of carbonyl (C=O) groups is 1. The lowest BCUT2D eigenvalue weighted by molar-refractivity contribution is -0.605. The number of ether oxygens (including phenoxy) is 1. The van der Waals surface area contributed by atoms with Gasteiger partial charge in [0.2, 0.25) is 0 Å². The number of carbonyl (C=O) groups excluding carboxylic acids is 1. The summed E-state index contributed by atoms with van der Waals surface area (Å²) in [7, 11) is 1.61. The summed E-state index contributed by atoms with van der Waals surface area (Å²) in [6, 6.07) is 20.0. The van der Waals surface area contributed by atoms with Crippen molar-refractivity contribution in [3.05, 3.63) is 101 Å². The van der Waals surface area contributed by atoms with Gasteiger partial charge in [0.15, 0.2) is 12.4 Å². The molecule has 3 aromatic rings. The third-order valence-electron chi connectivity index (χ3n) is 3.89. The minimum absolute atomic E-state index is 0.310. The van der Waals surface area contributed by atoms with E-state index in [2.05, 4.69) is 5.32 Å². The molecule has 3 rings (SSSR count). The van der Waals surface area contributed by atoms with Crippen LogP contribution in [0.5, 0.6) is 5.75 Å². The molecule has 5 nitrogen and oxygen atoms in total. The summed E-state index contributed by atoms with van der Waals surface area (Å²) in [4.78, 5) is 12.6. The number of pyridine rings is 1. The van der Waals surface area contributed by atoms with Crippen LogP contribution in [0, 0.1) is 5.21 Å². The van der Waals surface area contributed by atoms with Crippen molar-refractivity contribution in [2.75, 3.05) is 7.11 Å². The third kappa shape index (κ3) is 3.95. The van der Waals surface area contributed by atoms with Crippen LogP contribution in [0.4, 0.5) is 0 Å². The molecule has 0 spiro atoms. The van der Waals surface area contributed by atoms with Crippen molar-refractivity contribution < 1.29 is 14.3 Å². The smallest absolute Gasteiger partial charge is 0.258 e. The van der Waals surface area contributed by atoms with Gasteiger partial charge in [-0.05, 0) is 29.3 Å². The van der Waals surface area contributed by atoms with E-state index < -0.39 is 0 Å². The Morgan fingerprint density at radius 1 is 1.00 bits per heavy atom. The van der Waals surface area contributed by atoms with Crippen molar-refractivity contribution >= 4 is 5.91 Å². The second kappa shape index (κ2) is 7.49. The lowest BCUT2D eigenvalue weighted by Crippen LogP contribution is -2.32. The maximum atomic E-state index is 12.6. The number of aromatic nitrogens is 1. The van der Waals surface area contributed by atoms with Gasteiger partial charge >= 0.3 is 0 Å². The molecule has 126 valence electrons. The Hall–Kier alpha value is -3.34. The molecule has 1 amide bonds. The Morgan fingerprint density at radius 3 is 2.32 bits per heavy atom. The molecule has 25 heavy (non-hydrogen) atoms. The number of rotatable bonds is 5. The molecule has 0 radical (unpaired) electrons. The van der Waals surface area contributed by atoms with Gasteiger partial charge in [-0.15, -0.1) is 0 Å². The molecular weight excluding hydrogens is 316 g/mol. The van der Waals surface area contributed by atoms with Crippen LogP contribution < -0.4 is 14.8 Å². The molecule has 0 saturated heterocycles. The Morgan fingerprint density at radius 2 is 1.68 bits per heavy atom. The number of methoxy groups -OCH3 is 1. The van der Waals surface area contributed by atoms with Crippen molar-refractivity contribution in [2.24, 2.45) is 0 Å². The zero-order valence-electron chi connectivity index (χ0n) is 13.8. The molecule has 0 aliphatic carbocycles. The van der Waals surface area contributed by atoms with Crippen LogP contribution in [-0.2, 0) is 0 Å². The molecule has 1 N–H and O–H groups in total. The summed E-state index contributed by atoms with van der Waals surface area (Å²) in [5.41, 5.74) is 2.19. The van der Waals surface area contributed by atoms with E-state index in [4.69, 9.17) is 4.74 Å². The van der Waals surface area contributed by atoms with Crippen molar-refractivity contribution in [3.63, 3.8) is 0 Å². The Balaban J connectivity index is 1.92. The minimum atomic E-state index is -0.333. The van der Waals surface area contributed by atoms with Crippen molar-refractivity contribution in [1.29, 1.82) is 0 Å². The molecule has 0 fully saturated rings. The van der Waals surface area contributed by atoms with Gasteiger partial charge in [0.25, 0.3) is 5.91 Å². The maximum Gasteiger partial charge on any atom is 0.258 e. The van der Waals surface area contributed by atoms with Gasteiger partial charge in [0.1, 0.15) is 11.3 Å². The van der Waals surface area contributed by atoms with E-state index in [0.717, 1.165) is 16.9 Å². The van der Waals surface area contributed by atoms with Crippen molar-refractivity contribution in [3.8, 4) is 5.75 Å². The average molecular weight is 334 g/mol. The van der Waals surface area contributed by atoms with Crippen LogP contribution in [0.1, 0.15) is 27.5 Å². The molecular formula is C20H18N2O3. The van der Waals surface area contributed by atoms with E-state index in [-0.39, 0.29) is 11.9 Å². The van der Waals surface area contributed by atoms with Crippen LogP contribution in [0.15, 0.2) is 79.1 Å². The third-order valence-corrected chi connectivity index (χ3v) is 3.89. The summed E-state index contributed by atoms with van der Waals surface area (Å²) in [5.74, 6) is 0.437. The van der Waals surface area contributed by atoms with E-state index in [1.807, 2.05) is 54.6 Å². The first-order valence-electron chi connectivity index (χ1n) is 7.86. The second-order valence-corrected chi connectivity index (χ2v) is 5.54. The first-order chi connectivity index (χ1) is 12.2. The standard InChI is InChI=1S/C20H18N2O3/c1-25-18-11-9-16(10-12-18)19(15-6-3-2-4-7-15)21-20(23)17-8-5-13-22(24)14-17/h2-14,19H,1H3,(H,21,23). The fourth-order valence-corrected chi connectivity index (χ4v) is 2.60. The second-order valence-electron chi connectivity index (χ2n) is 5.54. The summed E-state index contributed by atoms with van der Waals surface area (Å²) < 4.78 is 5.80. The molecule has 1 unspecified atom stereocenters. The van der Waals surface area contributed by atoms with Gasteiger partial charge < -0.3 is 15.3 Å². The quantitative estimate of drug-likeness (QED) is 0.576. The van der Waals surface area contributed by atoms with E-state index in [9.17, 15) is 10.0 Å². The predicted octanol–water partition coefficient (Wildman–Crippen LogP) is 2.85. The summed E-state index contributed by atoms with van der Waals surface area (Å²) >= 11 is 0.